The van der Waals surface area contributed by atoms with E-state index in [1.54, 1.807) is 43.1 Å². The van der Waals surface area contributed by atoms with Gasteiger partial charge in [-0.3, -0.25) is 9.10 Å². The van der Waals surface area contributed by atoms with E-state index in [1.807, 2.05) is 54.6 Å². The largest absolute Gasteiger partial charge is 0.497 e. The molecular formula is C24H26N2O4S2. The number of methoxy groups -OCH3 is 1. The third-order valence-corrected chi connectivity index (χ3v) is 6.94. The van der Waals surface area contributed by atoms with E-state index in [9.17, 15) is 13.2 Å². The first-order chi connectivity index (χ1) is 15.4. The van der Waals surface area contributed by atoms with Crippen LogP contribution in [-0.2, 0) is 14.8 Å². The highest BCUT2D eigenvalue weighted by atomic mass is 32.2. The lowest BCUT2D eigenvalue weighted by Gasteiger charge is -2.22. The maximum atomic E-state index is 12.6. The van der Waals surface area contributed by atoms with Crippen LogP contribution in [0.25, 0.3) is 0 Å². The molecule has 1 N–H and O–H groups in total. The Morgan fingerprint density at radius 2 is 1.62 bits per heavy atom. The van der Waals surface area contributed by atoms with Crippen molar-refractivity contribution in [3.63, 3.8) is 0 Å². The molecule has 3 aromatic rings. The molecule has 3 aromatic carbocycles. The molecule has 0 atom stereocenters. The fraction of sp³-hybridized carbons (Fsp3) is 0.208. The van der Waals surface area contributed by atoms with Crippen molar-refractivity contribution in [3.8, 4) is 5.75 Å². The van der Waals surface area contributed by atoms with Gasteiger partial charge in [0.15, 0.2) is 0 Å². The molecule has 0 spiro atoms. The zero-order chi connectivity index (χ0) is 23.0. The molecule has 32 heavy (non-hydrogen) atoms. The summed E-state index contributed by atoms with van der Waals surface area (Å²) in [4.78, 5) is 14.6. The minimum Gasteiger partial charge on any atom is -0.497 e. The van der Waals surface area contributed by atoms with Gasteiger partial charge in [-0.05, 0) is 55.0 Å². The van der Waals surface area contributed by atoms with E-state index in [0.717, 1.165) is 21.7 Å². The van der Waals surface area contributed by atoms with Crippen LogP contribution in [0, 0.1) is 0 Å². The summed E-state index contributed by atoms with van der Waals surface area (Å²) in [5.41, 5.74) is 1.28. The lowest BCUT2D eigenvalue weighted by atomic mass is 10.2. The van der Waals surface area contributed by atoms with Crippen molar-refractivity contribution in [2.45, 2.75) is 22.6 Å². The van der Waals surface area contributed by atoms with Gasteiger partial charge in [0.2, 0.25) is 15.9 Å². The van der Waals surface area contributed by atoms with Crippen molar-refractivity contribution >= 4 is 39.1 Å². The molecule has 0 fully saturated rings. The van der Waals surface area contributed by atoms with E-state index in [0.29, 0.717) is 17.9 Å². The molecule has 3 rings (SSSR count). The summed E-state index contributed by atoms with van der Waals surface area (Å²) < 4.78 is 31.0. The second-order valence-electron chi connectivity index (χ2n) is 7.10. The van der Waals surface area contributed by atoms with Crippen LogP contribution in [0.1, 0.15) is 12.8 Å². The summed E-state index contributed by atoms with van der Waals surface area (Å²) in [7, 11) is -1.92. The molecule has 0 heterocycles. The maximum Gasteiger partial charge on any atom is 0.232 e. The molecule has 168 valence electrons. The van der Waals surface area contributed by atoms with Crippen LogP contribution >= 0.6 is 11.8 Å². The number of hydrogen-bond donors (Lipinski definition) is 1. The van der Waals surface area contributed by atoms with Crippen LogP contribution in [-0.4, -0.2) is 34.2 Å². The van der Waals surface area contributed by atoms with Crippen molar-refractivity contribution in [2.75, 3.05) is 29.5 Å². The zero-order valence-electron chi connectivity index (χ0n) is 18.0. The molecule has 6 nitrogen and oxygen atoms in total. The minimum absolute atomic E-state index is 0.158. The number of rotatable bonds is 10. The van der Waals surface area contributed by atoms with Crippen molar-refractivity contribution in [2.24, 2.45) is 0 Å². The third-order valence-electron chi connectivity index (χ3n) is 4.66. The number of carbonyl (C=O) groups excluding carboxylic acids is 1. The van der Waals surface area contributed by atoms with Crippen LogP contribution in [0.4, 0.5) is 11.4 Å². The Labute approximate surface area is 193 Å². The average Bonchev–Trinajstić information content (AvgIpc) is 2.78. The van der Waals surface area contributed by atoms with E-state index in [4.69, 9.17) is 4.74 Å². The number of benzene rings is 3. The van der Waals surface area contributed by atoms with Gasteiger partial charge in [0, 0.05) is 22.8 Å². The Morgan fingerprint density at radius 1 is 0.969 bits per heavy atom. The molecule has 0 aliphatic rings. The van der Waals surface area contributed by atoms with Crippen LogP contribution in [0.5, 0.6) is 5.75 Å². The standard InChI is InChI=1S/C24H26N2O4S2/c1-30-20-16-14-19(15-17-20)26(32(2,28)29)18-8-13-24(27)25-22-11-6-7-12-23(22)31-21-9-4-3-5-10-21/h3-7,9-12,14-17H,8,13,18H2,1-2H3,(H,25,27). The molecule has 0 aliphatic carbocycles. The number of ether oxygens (including phenoxy) is 1. The van der Waals surface area contributed by atoms with E-state index in [-0.39, 0.29) is 18.9 Å². The molecule has 0 saturated heterocycles. The fourth-order valence-electron chi connectivity index (χ4n) is 3.11. The topological polar surface area (TPSA) is 75.7 Å². The van der Waals surface area contributed by atoms with Crippen molar-refractivity contribution in [3.05, 3.63) is 78.9 Å². The summed E-state index contributed by atoms with van der Waals surface area (Å²) in [5, 5.41) is 2.95. The van der Waals surface area contributed by atoms with Gasteiger partial charge in [-0.1, -0.05) is 42.1 Å². The van der Waals surface area contributed by atoms with Gasteiger partial charge in [-0.2, -0.15) is 0 Å². The first-order valence-corrected chi connectivity index (χ1v) is 12.8. The first kappa shape index (κ1) is 23.7. The minimum atomic E-state index is -3.48. The predicted molar refractivity (Wildman–Crippen MR) is 130 cm³/mol. The molecular weight excluding hydrogens is 444 g/mol. The number of nitrogens with one attached hydrogen (secondary N) is 1. The van der Waals surface area contributed by atoms with Crippen molar-refractivity contribution < 1.29 is 17.9 Å². The molecule has 0 radical (unpaired) electrons. The summed E-state index contributed by atoms with van der Waals surface area (Å²) in [6.45, 7) is 0.207. The number of sulfonamides is 1. The second kappa shape index (κ2) is 11.1. The summed E-state index contributed by atoms with van der Waals surface area (Å²) in [5.74, 6) is 0.489. The highest BCUT2D eigenvalue weighted by Gasteiger charge is 2.18. The van der Waals surface area contributed by atoms with Gasteiger partial charge in [-0.25, -0.2) is 8.42 Å². The highest BCUT2D eigenvalue weighted by Crippen LogP contribution is 2.33. The molecule has 0 unspecified atom stereocenters. The Morgan fingerprint density at radius 3 is 2.28 bits per heavy atom. The van der Waals surface area contributed by atoms with E-state index < -0.39 is 10.0 Å². The summed E-state index contributed by atoms with van der Waals surface area (Å²) >= 11 is 1.58. The lowest BCUT2D eigenvalue weighted by Crippen LogP contribution is -2.31. The SMILES string of the molecule is COc1ccc(N(CCCC(=O)Nc2ccccc2Sc2ccccc2)S(C)(=O)=O)cc1. The van der Waals surface area contributed by atoms with E-state index in [1.165, 1.54) is 4.31 Å². The zero-order valence-corrected chi connectivity index (χ0v) is 19.7. The smallest absolute Gasteiger partial charge is 0.232 e. The Balaban J connectivity index is 1.60. The highest BCUT2D eigenvalue weighted by molar-refractivity contribution is 7.99. The van der Waals surface area contributed by atoms with Crippen molar-refractivity contribution in [1.82, 2.24) is 0 Å². The average molecular weight is 471 g/mol. The van der Waals surface area contributed by atoms with Gasteiger partial charge in [-0.15, -0.1) is 0 Å². The predicted octanol–water partition coefficient (Wildman–Crippen LogP) is 5.03. The normalized spacial score (nSPS) is 11.1. The van der Waals surface area contributed by atoms with Crippen LogP contribution < -0.4 is 14.4 Å². The molecule has 0 aromatic heterocycles. The second-order valence-corrected chi connectivity index (χ2v) is 10.1. The number of carbonyl (C=O) groups is 1. The molecule has 8 heteroatoms. The van der Waals surface area contributed by atoms with Crippen LogP contribution in [0.3, 0.4) is 0 Å². The monoisotopic (exact) mass is 470 g/mol. The lowest BCUT2D eigenvalue weighted by molar-refractivity contribution is -0.116. The fourth-order valence-corrected chi connectivity index (χ4v) is 4.99. The van der Waals surface area contributed by atoms with E-state index in [2.05, 4.69) is 5.32 Å². The number of amides is 1. The summed E-state index contributed by atoms with van der Waals surface area (Å²) in [6.07, 6.45) is 1.75. The number of nitrogens with zero attached hydrogens (tertiary/aromatic N) is 1. The number of anilines is 2. The van der Waals surface area contributed by atoms with Gasteiger partial charge < -0.3 is 10.1 Å². The first-order valence-electron chi connectivity index (χ1n) is 10.1. The van der Waals surface area contributed by atoms with Crippen molar-refractivity contribution in [1.29, 1.82) is 0 Å². The Kier molecular flexibility index (Phi) is 8.19. The molecule has 0 aliphatic heterocycles. The number of hydrogen-bond acceptors (Lipinski definition) is 5. The molecule has 1 amide bonds. The maximum absolute atomic E-state index is 12.6. The van der Waals surface area contributed by atoms with Gasteiger partial charge in [0.25, 0.3) is 0 Å². The van der Waals surface area contributed by atoms with Crippen LogP contribution in [0.2, 0.25) is 0 Å². The Hall–Kier alpha value is -2.97. The van der Waals surface area contributed by atoms with Gasteiger partial charge >= 0.3 is 0 Å². The number of para-hydroxylation sites is 1. The summed E-state index contributed by atoms with van der Waals surface area (Å²) in [6, 6.07) is 24.4. The molecule has 0 bridgehead atoms. The Bertz CT molecular complexity index is 1130. The van der Waals surface area contributed by atoms with Gasteiger partial charge in [0.1, 0.15) is 5.75 Å². The molecule has 0 saturated carbocycles. The van der Waals surface area contributed by atoms with Crippen LogP contribution in [0.15, 0.2) is 88.7 Å². The third kappa shape index (κ3) is 6.77. The van der Waals surface area contributed by atoms with E-state index >= 15 is 0 Å². The quantitative estimate of drug-likeness (QED) is 0.450. The van der Waals surface area contributed by atoms with Gasteiger partial charge in [0.05, 0.1) is 24.7 Å².